The van der Waals surface area contributed by atoms with E-state index in [4.69, 9.17) is 4.74 Å². The Kier molecular flexibility index (Phi) is 6.87. The second-order valence-corrected chi connectivity index (χ2v) is 9.45. The number of carbonyl (C=O) groups excluding carboxylic acids is 1. The van der Waals surface area contributed by atoms with E-state index in [1.807, 2.05) is 0 Å². The van der Waals surface area contributed by atoms with E-state index < -0.39 is 11.6 Å². The highest BCUT2D eigenvalue weighted by atomic mass is 32.2. The van der Waals surface area contributed by atoms with Gasteiger partial charge in [-0.3, -0.25) is 4.79 Å². The molecule has 4 rings (SSSR count). The molecule has 0 spiro atoms. The van der Waals surface area contributed by atoms with Crippen molar-refractivity contribution in [1.82, 2.24) is 15.2 Å². The molecule has 12 heteroatoms. The van der Waals surface area contributed by atoms with Crippen molar-refractivity contribution in [2.24, 2.45) is 0 Å². The summed E-state index contributed by atoms with van der Waals surface area (Å²) >= 11 is 3.78. The molecule has 0 saturated carbocycles. The number of thiazole rings is 1. The van der Waals surface area contributed by atoms with Crippen LogP contribution < -0.4 is 10.6 Å². The topological polar surface area (TPSA) is 89.0 Å². The van der Waals surface area contributed by atoms with Crippen molar-refractivity contribution in [3.63, 3.8) is 0 Å². The standard InChI is InChI=1S/C18H17F2N5O2S3/c19-10-3-4-13(20)12(6-10)14-8-28-17(22-14)23-15(26)9-29-18-25-24-16(30-18)21-7-11-2-1-5-27-11/h3-4,6,8,11H,1-2,5,7,9H2,(H,21,24)(H,22,23,26)/t11-/m0/s1. The van der Waals surface area contributed by atoms with Gasteiger partial charge in [0.15, 0.2) is 9.47 Å². The summed E-state index contributed by atoms with van der Waals surface area (Å²) in [5.74, 6) is -1.27. The third kappa shape index (κ3) is 5.50. The first-order valence-corrected chi connectivity index (χ1v) is 11.8. The summed E-state index contributed by atoms with van der Waals surface area (Å²) in [6.45, 7) is 1.49. The molecule has 2 aromatic heterocycles. The van der Waals surface area contributed by atoms with Gasteiger partial charge in [0.2, 0.25) is 11.0 Å². The van der Waals surface area contributed by atoms with Crippen LogP contribution in [0.15, 0.2) is 27.9 Å². The van der Waals surface area contributed by atoms with E-state index in [9.17, 15) is 13.6 Å². The molecule has 1 amide bonds. The first kappa shape index (κ1) is 21.1. The molecule has 1 aliphatic heterocycles. The number of ether oxygens (including phenoxy) is 1. The zero-order valence-electron chi connectivity index (χ0n) is 15.6. The summed E-state index contributed by atoms with van der Waals surface area (Å²) in [6, 6.07) is 3.17. The largest absolute Gasteiger partial charge is 0.376 e. The molecule has 3 heterocycles. The highest BCUT2D eigenvalue weighted by Crippen LogP contribution is 2.29. The van der Waals surface area contributed by atoms with Crippen molar-refractivity contribution in [2.75, 3.05) is 29.5 Å². The number of halogens is 2. The Hall–Kier alpha value is -2.15. The molecule has 158 valence electrons. The number of anilines is 2. The van der Waals surface area contributed by atoms with Gasteiger partial charge in [0.1, 0.15) is 11.6 Å². The summed E-state index contributed by atoms with van der Waals surface area (Å²) in [5.41, 5.74) is 0.323. The number of aromatic nitrogens is 3. The van der Waals surface area contributed by atoms with Gasteiger partial charge in [-0.1, -0.05) is 23.1 Å². The Morgan fingerprint density at radius 1 is 1.30 bits per heavy atom. The minimum absolute atomic E-state index is 0.0537. The van der Waals surface area contributed by atoms with Crippen molar-refractivity contribution in [3.05, 3.63) is 35.2 Å². The van der Waals surface area contributed by atoms with E-state index >= 15 is 0 Å². The second kappa shape index (κ2) is 9.77. The molecule has 1 atom stereocenters. The number of carbonyl (C=O) groups is 1. The lowest BCUT2D eigenvalue weighted by Gasteiger charge is -2.08. The number of rotatable bonds is 8. The van der Waals surface area contributed by atoms with Crippen LogP contribution in [0.2, 0.25) is 0 Å². The van der Waals surface area contributed by atoms with Crippen molar-refractivity contribution < 1.29 is 18.3 Å². The first-order valence-electron chi connectivity index (χ1n) is 9.09. The van der Waals surface area contributed by atoms with Gasteiger partial charge in [0.05, 0.1) is 17.6 Å². The van der Waals surface area contributed by atoms with E-state index in [0.29, 0.717) is 21.1 Å². The molecular formula is C18H17F2N5O2S3. The lowest BCUT2D eigenvalue weighted by molar-refractivity contribution is -0.113. The van der Waals surface area contributed by atoms with Crippen LogP contribution in [0.3, 0.4) is 0 Å². The number of benzene rings is 1. The molecule has 0 aliphatic carbocycles. The highest BCUT2D eigenvalue weighted by molar-refractivity contribution is 8.01. The van der Waals surface area contributed by atoms with E-state index in [1.54, 1.807) is 5.38 Å². The molecule has 2 N–H and O–H groups in total. The molecule has 1 aromatic carbocycles. The molecule has 7 nitrogen and oxygen atoms in total. The maximum atomic E-state index is 13.9. The summed E-state index contributed by atoms with van der Waals surface area (Å²) in [5, 5.41) is 16.6. The van der Waals surface area contributed by atoms with E-state index in [1.165, 1.54) is 23.1 Å². The van der Waals surface area contributed by atoms with E-state index in [2.05, 4.69) is 25.8 Å². The molecule has 0 radical (unpaired) electrons. The van der Waals surface area contributed by atoms with E-state index in [0.717, 1.165) is 49.0 Å². The van der Waals surface area contributed by atoms with Gasteiger partial charge in [-0.05, 0) is 31.0 Å². The number of hydrogen-bond acceptors (Lipinski definition) is 9. The average molecular weight is 470 g/mol. The monoisotopic (exact) mass is 469 g/mol. The Labute approximate surface area is 183 Å². The molecule has 30 heavy (non-hydrogen) atoms. The molecule has 1 saturated heterocycles. The maximum absolute atomic E-state index is 13.9. The summed E-state index contributed by atoms with van der Waals surface area (Å²) in [6.07, 6.45) is 2.33. The van der Waals surface area contributed by atoms with Gasteiger partial charge in [-0.25, -0.2) is 13.8 Å². The average Bonchev–Trinajstić information content (AvgIpc) is 3.49. The predicted octanol–water partition coefficient (Wildman–Crippen LogP) is 4.26. The van der Waals surface area contributed by atoms with Crippen LogP contribution in [0.5, 0.6) is 0 Å². The van der Waals surface area contributed by atoms with Crippen LogP contribution in [0, 0.1) is 11.6 Å². The highest BCUT2D eigenvalue weighted by Gasteiger charge is 2.16. The van der Waals surface area contributed by atoms with Gasteiger partial charge in [-0.15, -0.1) is 21.5 Å². The Balaban J connectivity index is 1.26. The fourth-order valence-electron chi connectivity index (χ4n) is 2.78. The predicted molar refractivity (Wildman–Crippen MR) is 114 cm³/mol. The second-order valence-electron chi connectivity index (χ2n) is 6.39. The third-order valence-corrected chi connectivity index (χ3v) is 6.97. The van der Waals surface area contributed by atoms with Crippen LogP contribution in [0.4, 0.5) is 19.0 Å². The lowest BCUT2D eigenvalue weighted by Crippen LogP contribution is -2.18. The zero-order valence-corrected chi connectivity index (χ0v) is 18.0. The smallest absolute Gasteiger partial charge is 0.236 e. The SMILES string of the molecule is O=C(CSc1nnc(NC[C@@H]2CCCO2)s1)Nc1nc(-c2cc(F)ccc2F)cs1. The number of amides is 1. The van der Waals surface area contributed by atoms with Crippen LogP contribution in [-0.2, 0) is 9.53 Å². The van der Waals surface area contributed by atoms with Crippen molar-refractivity contribution in [3.8, 4) is 11.3 Å². The fourth-order valence-corrected chi connectivity index (χ4v) is 5.06. The number of hydrogen-bond donors (Lipinski definition) is 2. The molecule has 3 aromatic rings. The third-order valence-electron chi connectivity index (χ3n) is 4.19. The molecule has 0 bridgehead atoms. The number of nitrogens with zero attached hydrogens (tertiary/aromatic N) is 3. The van der Waals surface area contributed by atoms with Gasteiger partial charge < -0.3 is 15.4 Å². The van der Waals surface area contributed by atoms with Crippen LogP contribution >= 0.6 is 34.4 Å². The Morgan fingerprint density at radius 3 is 3.03 bits per heavy atom. The summed E-state index contributed by atoms with van der Waals surface area (Å²) < 4.78 is 33.4. The number of nitrogens with one attached hydrogen (secondary N) is 2. The normalized spacial score (nSPS) is 16.0. The first-order chi connectivity index (χ1) is 14.6. The fraction of sp³-hybridized carbons (Fsp3) is 0.333. The molecule has 0 unspecified atom stereocenters. The van der Waals surface area contributed by atoms with Crippen molar-refractivity contribution in [2.45, 2.75) is 23.3 Å². The van der Waals surface area contributed by atoms with Crippen molar-refractivity contribution in [1.29, 1.82) is 0 Å². The van der Waals surface area contributed by atoms with Gasteiger partial charge in [0, 0.05) is 24.1 Å². The van der Waals surface area contributed by atoms with Crippen molar-refractivity contribution >= 4 is 50.6 Å². The lowest BCUT2D eigenvalue weighted by atomic mass is 10.1. The van der Waals surface area contributed by atoms with Crippen LogP contribution in [0.25, 0.3) is 11.3 Å². The summed E-state index contributed by atoms with van der Waals surface area (Å²) in [4.78, 5) is 16.4. The van der Waals surface area contributed by atoms with Crippen LogP contribution in [-0.4, -0.2) is 46.1 Å². The number of thioether (sulfide) groups is 1. The molecular weight excluding hydrogens is 452 g/mol. The molecule has 1 fully saturated rings. The quantitative estimate of drug-likeness (QED) is 0.477. The molecule has 1 aliphatic rings. The minimum Gasteiger partial charge on any atom is -0.376 e. The minimum atomic E-state index is -0.574. The van der Waals surface area contributed by atoms with Crippen LogP contribution in [0.1, 0.15) is 12.8 Å². The summed E-state index contributed by atoms with van der Waals surface area (Å²) in [7, 11) is 0. The maximum Gasteiger partial charge on any atom is 0.236 e. The van der Waals surface area contributed by atoms with Gasteiger partial charge in [-0.2, -0.15) is 0 Å². The zero-order chi connectivity index (χ0) is 20.9. The van der Waals surface area contributed by atoms with Gasteiger partial charge >= 0.3 is 0 Å². The Bertz CT molecular complexity index is 1020. The Morgan fingerprint density at radius 2 is 2.20 bits per heavy atom. The van der Waals surface area contributed by atoms with Gasteiger partial charge in [0.25, 0.3) is 0 Å². The van der Waals surface area contributed by atoms with E-state index in [-0.39, 0.29) is 29.0 Å².